The topological polar surface area (TPSA) is 74.6 Å². The van der Waals surface area contributed by atoms with Gasteiger partial charge in [0.25, 0.3) is 0 Å². The number of benzene rings is 1. The van der Waals surface area contributed by atoms with Gasteiger partial charge >= 0.3 is 0 Å². The number of carbonyl (C=O) groups is 2. The van der Waals surface area contributed by atoms with Gasteiger partial charge in [0.05, 0.1) is 5.56 Å². The number of allylic oxidation sites excluding steroid dienone is 4. The standard InChI is InChI=1S/C15H16O4/c1-11(10-16)5-3-2-4-6-14(18)13-9-12(17)7-8-15(13)19/h2-3,5,7-10,17,19H,4,6H2,1H3. The number of aldehydes is 1. The maximum absolute atomic E-state index is 11.8. The van der Waals surface area contributed by atoms with Crippen LogP contribution in [-0.4, -0.2) is 22.3 Å². The Kier molecular flexibility index (Phi) is 5.54. The number of hydrogen-bond donors (Lipinski definition) is 2. The van der Waals surface area contributed by atoms with E-state index in [1.54, 1.807) is 25.2 Å². The summed E-state index contributed by atoms with van der Waals surface area (Å²) in [4.78, 5) is 22.1. The van der Waals surface area contributed by atoms with Crippen molar-refractivity contribution in [2.45, 2.75) is 19.8 Å². The molecule has 4 nitrogen and oxygen atoms in total. The highest BCUT2D eigenvalue weighted by molar-refractivity contribution is 5.98. The molecular formula is C15H16O4. The van der Waals surface area contributed by atoms with Gasteiger partial charge in [-0.05, 0) is 37.1 Å². The van der Waals surface area contributed by atoms with Crippen LogP contribution in [0.25, 0.3) is 0 Å². The largest absolute Gasteiger partial charge is 0.508 e. The molecule has 1 aromatic rings. The lowest BCUT2D eigenvalue weighted by molar-refractivity contribution is -0.104. The van der Waals surface area contributed by atoms with Crippen LogP contribution in [0.5, 0.6) is 11.5 Å². The van der Waals surface area contributed by atoms with Crippen molar-refractivity contribution in [1.29, 1.82) is 0 Å². The number of hydrogen-bond acceptors (Lipinski definition) is 4. The Hall–Kier alpha value is -2.36. The molecule has 0 atom stereocenters. The molecule has 0 heterocycles. The van der Waals surface area contributed by atoms with E-state index >= 15 is 0 Å². The van der Waals surface area contributed by atoms with Crippen molar-refractivity contribution in [2.24, 2.45) is 0 Å². The SMILES string of the molecule is CC(C=O)=CC=CCCC(=O)c1cc(O)ccc1O. The molecule has 0 saturated heterocycles. The van der Waals surface area contributed by atoms with Crippen LogP contribution in [0.3, 0.4) is 0 Å². The summed E-state index contributed by atoms with van der Waals surface area (Å²) in [5.74, 6) is -0.432. The highest BCUT2D eigenvalue weighted by Gasteiger charge is 2.10. The first-order chi connectivity index (χ1) is 9.04. The first-order valence-corrected chi connectivity index (χ1v) is 5.88. The zero-order chi connectivity index (χ0) is 14.3. The van der Waals surface area contributed by atoms with E-state index in [2.05, 4.69) is 0 Å². The Morgan fingerprint density at radius 1 is 1.32 bits per heavy atom. The minimum atomic E-state index is -0.242. The average Bonchev–Trinajstić information content (AvgIpc) is 2.40. The third kappa shape index (κ3) is 4.79. The lowest BCUT2D eigenvalue weighted by Crippen LogP contribution is -1.98. The molecule has 0 spiro atoms. The van der Waals surface area contributed by atoms with Crippen molar-refractivity contribution in [2.75, 3.05) is 0 Å². The van der Waals surface area contributed by atoms with Gasteiger partial charge in [-0.15, -0.1) is 0 Å². The molecule has 4 heteroatoms. The summed E-state index contributed by atoms with van der Waals surface area (Å²) in [6.07, 6.45) is 6.60. The maximum atomic E-state index is 11.8. The molecule has 1 rings (SSSR count). The molecule has 100 valence electrons. The minimum absolute atomic E-state index is 0.0544. The monoisotopic (exact) mass is 260 g/mol. The minimum Gasteiger partial charge on any atom is -0.508 e. The third-order valence-corrected chi connectivity index (χ3v) is 2.50. The van der Waals surface area contributed by atoms with Gasteiger partial charge in [-0.2, -0.15) is 0 Å². The zero-order valence-corrected chi connectivity index (χ0v) is 10.7. The van der Waals surface area contributed by atoms with Crippen LogP contribution in [0.1, 0.15) is 30.1 Å². The molecule has 0 fully saturated rings. The van der Waals surface area contributed by atoms with Crippen molar-refractivity contribution in [3.63, 3.8) is 0 Å². The first-order valence-electron chi connectivity index (χ1n) is 5.88. The van der Waals surface area contributed by atoms with E-state index < -0.39 is 0 Å². The summed E-state index contributed by atoms with van der Waals surface area (Å²) < 4.78 is 0. The highest BCUT2D eigenvalue weighted by Crippen LogP contribution is 2.23. The molecule has 0 aromatic heterocycles. The lowest BCUT2D eigenvalue weighted by Gasteiger charge is -2.03. The third-order valence-electron chi connectivity index (χ3n) is 2.50. The summed E-state index contributed by atoms with van der Waals surface area (Å²) in [5, 5.41) is 18.8. The van der Waals surface area contributed by atoms with E-state index in [1.807, 2.05) is 0 Å². The van der Waals surface area contributed by atoms with Crippen LogP contribution in [-0.2, 0) is 4.79 Å². The highest BCUT2D eigenvalue weighted by atomic mass is 16.3. The van der Waals surface area contributed by atoms with Crippen molar-refractivity contribution >= 4 is 12.1 Å². The van der Waals surface area contributed by atoms with Gasteiger partial charge in [0.2, 0.25) is 0 Å². The van der Waals surface area contributed by atoms with Gasteiger partial charge in [-0.25, -0.2) is 0 Å². The van der Waals surface area contributed by atoms with Crippen LogP contribution in [0.2, 0.25) is 0 Å². The molecular weight excluding hydrogens is 244 g/mol. The van der Waals surface area contributed by atoms with Crippen LogP contribution >= 0.6 is 0 Å². The summed E-state index contributed by atoms with van der Waals surface area (Å²) in [5.41, 5.74) is 0.723. The molecule has 0 radical (unpaired) electrons. The van der Waals surface area contributed by atoms with Gasteiger partial charge in [-0.3, -0.25) is 9.59 Å². The summed E-state index contributed by atoms with van der Waals surface area (Å²) >= 11 is 0. The Morgan fingerprint density at radius 3 is 2.74 bits per heavy atom. The van der Waals surface area contributed by atoms with Crippen LogP contribution in [0, 0.1) is 0 Å². The van der Waals surface area contributed by atoms with E-state index in [0.29, 0.717) is 12.0 Å². The van der Waals surface area contributed by atoms with Crippen LogP contribution in [0.4, 0.5) is 0 Å². The Balaban J connectivity index is 2.57. The molecule has 1 aromatic carbocycles. The number of ketones is 1. The maximum Gasteiger partial charge on any atom is 0.167 e. The van der Waals surface area contributed by atoms with E-state index in [-0.39, 0.29) is 29.3 Å². The summed E-state index contributed by atoms with van der Waals surface area (Å²) in [6, 6.07) is 3.85. The fourth-order valence-electron chi connectivity index (χ4n) is 1.45. The summed E-state index contributed by atoms with van der Waals surface area (Å²) in [6.45, 7) is 1.69. The van der Waals surface area contributed by atoms with Gasteiger partial charge < -0.3 is 10.2 Å². The van der Waals surface area contributed by atoms with Crippen molar-refractivity contribution < 1.29 is 19.8 Å². The number of Topliss-reactive ketones (excluding diaryl/α,β-unsaturated/α-hetero) is 1. The number of aromatic hydroxyl groups is 2. The zero-order valence-electron chi connectivity index (χ0n) is 10.7. The van der Waals surface area contributed by atoms with Gasteiger partial charge in [-0.1, -0.05) is 18.2 Å². The molecule has 19 heavy (non-hydrogen) atoms. The van der Waals surface area contributed by atoms with Crippen molar-refractivity contribution in [3.8, 4) is 11.5 Å². The second kappa shape index (κ2) is 7.16. The molecule has 0 bridgehead atoms. The lowest BCUT2D eigenvalue weighted by atomic mass is 10.0. The van der Waals surface area contributed by atoms with Gasteiger partial charge in [0.15, 0.2) is 5.78 Å². The van der Waals surface area contributed by atoms with Gasteiger partial charge in [0.1, 0.15) is 17.8 Å². The smallest absolute Gasteiger partial charge is 0.167 e. The summed E-state index contributed by atoms with van der Waals surface area (Å²) in [7, 11) is 0. The number of phenolic OH excluding ortho intramolecular Hbond substituents is 2. The fraction of sp³-hybridized carbons (Fsp3) is 0.200. The number of phenols is 2. The molecule has 2 N–H and O–H groups in total. The van der Waals surface area contributed by atoms with Crippen molar-refractivity contribution in [3.05, 3.63) is 47.6 Å². The molecule has 0 aliphatic rings. The van der Waals surface area contributed by atoms with Crippen molar-refractivity contribution in [1.82, 2.24) is 0 Å². The number of rotatable bonds is 6. The predicted octanol–water partition coefficient (Wildman–Crippen LogP) is 2.76. The second-order valence-electron chi connectivity index (χ2n) is 4.12. The van der Waals surface area contributed by atoms with E-state index in [4.69, 9.17) is 0 Å². The quantitative estimate of drug-likeness (QED) is 0.271. The molecule has 0 amide bonds. The van der Waals surface area contributed by atoms with E-state index in [9.17, 15) is 19.8 Å². The van der Waals surface area contributed by atoms with Gasteiger partial charge in [0, 0.05) is 6.42 Å². The Morgan fingerprint density at radius 2 is 2.05 bits per heavy atom. The second-order valence-corrected chi connectivity index (χ2v) is 4.12. The molecule has 0 aliphatic heterocycles. The van der Waals surface area contributed by atoms with Crippen LogP contribution < -0.4 is 0 Å². The van der Waals surface area contributed by atoms with E-state index in [0.717, 1.165) is 6.29 Å². The van der Waals surface area contributed by atoms with E-state index in [1.165, 1.54) is 18.2 Å². The molecule has 0 unspecified atom stereocenters. The average molecular weight is 260 g/mol. The molecule has 0 aliphatic carbocycles. The normalized spacial score (nSPS) is 11.7. The van der Waals surface area contributed by atoms with Crippen LogP contribution in [0.15, 0.2) is 42.0 Å². The first kappa shape index (κ1) is 14.7. The Bertz CT molecular complexity index is 527. The predicted molar refractivity (Wildman–Crippen MR) is 72.3 cm³/mol. The Labute approximate surface area is 111 Å². The number of carbonyl (C=O) groups excluding carboxylic acids is 2. The fourth-order valence-corrected chi connectivity index (χ4v) is 1.45. The molecule has 0 saturated carbocycles.